The standard InChI is InChI=1S/C16H17IN2O2/c1-2-3-11-18(13-7-5-4-6-8-13)14-9-10-16(19(20)21)15(17)12-14/h4-10,12H,2-3,11H2,1H3. The topological polar surface area (TPSA) is 46.4 Å². The fourth-order valence-corrected chi connectivity index (χ4v) is 2.84. The van der Waals surface area contributed by atoms with E-state index in [9.17, 15) is 10.1 Å². The number of anilines is 2. The van der Waals surface area contributed by atoms with E-state index in [0.29, 0.717) is 3.57 Å². The number of halogens is 1. The molecule has 0 spiro atoms. The van der Waals surface area contributed by atoms with Gasteiger partial charge in [0.15, 0.2) is 0 Å². The lowest BCUT2D eigenvalue weighted by molar-refractivity contribution is -0.385. The van der Waals surface area contributed by atoms with Gasteiger partial charge in [0.05, 0.1) is 8.49 Å². The van der Waals surface area contributed by atoms with Crippen molar-refractivity contribution in [3.63, 3.8) is 0 Å². The van der Waals surface area contributed by atoms with Crippen LogP contribution in [0.5, 0.6) is 0 Å². The Hall–Kier alpha value is -1.63. The van der Waals surface area contributed by atoms with E-state index in [1.165, 1.54) is 0 Å². The van der Waals surface area contributed by atoms with Crippen molar-refractivity contribution in [2.75, 3.05) is 11.4 Å². The summed E-state index contributed by atoms with van der Waals surface area (Å²) in [7, 11) is 0. The van der Waals surface area contributed by atoms with Crippen LogP contribution in [-0.2, 0) is 0 Å². The molecule has 0 atom stereocenters. The van der Waals surface area contributed by atoms with Crippen molar-refractivity contribution < 1.29 is 4.92 Å². The summed E-state index contributed by atoms with van der Waals surface area (Å²) in [6.07, 6.45) is 2.18. The average molecular weight is 396 g/mol. The second kappa shape index (κ2) is 7.40. The van der Waals surface area contributed by atoms with Gasteiger partial charge in [-0.2, -0.15) is 0 Å². The monoisotopic (exact) mass is 396 g/mol. The van der Waals surface area contributed by atoms with Gasteiger partial charge in [0.1, 0.15) is 0 Å². The summed E-state index contributed by atoms with van der Waals surface area (Å²) in [5.41, 5.74) is 2.25. The molecular formula is C16H17IN2O2. The summed E-state index contributed by atoms with van der Waals surface area (Å²) in [6.45, 7) is 3.05. The Labute approximate surface area is 138 Å². The Morgan fingerprint density at radius 3 is 2.43 bits per heavy atom. The zero-order chi connectivity index (χ0) is 15.2. The zero-order valence-electron chi connectivity index (χ0n) is 11.8. The van der Waals surface area contributed by atoms with Crippen LogP contribution in [0.1, 0.15) is 19.8 Å². The van der Waals surface area contributed by atoms with Crippen LogP contribution in [0.15, 0.2) is 48.5 Å². The van der Waals surface area contributed by atoms with E-state index in [2.05, 4.69) is 24.0 Å². The van der Waals surface area contributed by atoms with Crippen LogP contribution >= 0.6 is 22.6 Å². The molecular weight excluding hydrogens is 379 g/mol. The third kappa shape index (κ3) is 3.93. The number of rotatable bonds is 6. The highest BCUT2D eigenvalue weighted by Crippen LogP contribution is 2.30. The molecule has 2 rings (SSSR count). The van der Waals surface area contributed by atoms with Gasteiger partial charge in [0.2, 0.25) is 0 Å². The first-order valence-electron chi connectivity index (χ1n) is 6.90. The molecule has 0 aliphatic carbocycles. The van der Waals surface area contributed by atoms with E-state index < -0.39 is 0 Å². The molecule has 21 heavy (non-hydrogen) atoms. The van der Waals surface area contributed by atoms with Crippen molar-refractivity contribution in [3.8, 4) is 0 Å². The number of hydrogen-bond acceptors (Lipinski definition) is 3. The van der Waals surface area contributed by atoms with Gasteiger partial charge in [-0.3, -0.25) is 10.1 Å². The number of nitrogens with zero attached hydrogens (tertiary/aromatic N) is 2. The molecule has 0 amide bonds. The molecule has 0 radical (unpaired) electrons. The molecule has 0 N–H and O–H groups in total. The SMILES string of the molecule is CCCCN(c1ccccc1)c1ccc([N+](=O)[O-])c(I)c1. The highest BCUT2D eigenvalue weighted by Gasteiger charge is 2.15. The van der Waals surface area contributed by atoms with Crippen LogP contribution < -0.4 is 4.90 Å². The van der Waals surface area contributed by atoms with Crippen LogP contribution in [-0.4, -0.2) is 11.5 Å². The van der Waals surface area contributed by atoms with Crippen molar-refractivity contribution in [3.05, 3.63) is 62.2 Å². The molecule has 0 saturated carbocycles. The summed E-state index contributed by atoms with van der Waals surface area (Å²) in [4.78, 5) is 12.8. The van der Waals surface area contributed by atoms with Crippen LogP contribution in [0.25, 0.3) is 0 Å². The molecule has 0 fully saturated rings. The maximum atomic E-state index is 10.9. The molecule has 0 bridgehead atoms. The predicted octanol–water partition coefficient (Wildman–Crippen LogP) is 5.14. The smallest absolute Gasteiger partial charge is 0.282 e. The van der Waals surface area contributed by atoms with E-state index in [-0.39, 0.29) is 10.6 Å². The highest BCUT2D eigenvalue weighted by atomic mass is 127. The largest absolute Gasteiger partial charge is 0.341 e. The van der Waals surface area contributed by atoms with Crippen LogP contribution in [0.4, 0.5) is 17.1 Å². The number of nitro benzene ring substituents is 1. The second-order valence-corrected chi connectivity index (χ2v) is 5.90. The van der Waals surface area contributed by atoms with Crippen molar-refractivity contribution in [2.45, 2.75) is 19.8 Å². The van der Waals surface area contributed by atoms with Crippen LogP contribution in [0, 0.1) is 13.7 Å². The third-order valence-corrected chi connectivity index (χ3v) is 4.11. The normalized spacial score (nSPS) is 10.4. The van der Waals surface area contributed by atoms with Gasteiger partial charge in [-0.15, -0.1) is 0 Å². The van der Waals surface area contributed by atoms with Gasteiger partial charge in [-0.25, -0.2) is 0 Å². The molecule has 0 aliphatic rings. The lowest BCUT2D eigenvalue weighted by Crippen LogP contribution is -2.18. The second-order valence-electron chi connectivity index (χ2n) is 4.73. The van der Waals surface area contributed by atoms with E-state index in [1.807, 2.05) is 52.9 Å². The highest BCUT2D eigenvalue weighted by molar-refractivity contribution is 14.1. The average Bonchev–Trinajstić information content (AvgIpc) is 2.48. The Morgan fingerprint density at radius 1 is 1.14 bits per heavy atom. The number of benzene rings is 2. The maximum absolute atomic E-state index is 10.9. The quantitative estimate of drug-likeness (QED) is 0.386. The van der Waals surface area contributed by atoms with Gasteiger partial charge in [0.25, 0.3) is 5.69 Å². The first-order chi connectivity index (χ1) is 10.1. The molecule has 4 nitrogen and oxygen atoms in total. The van der Waals surface area contributed by atoms with Crippen molar-refractivity contribution in [1.29, 1.82) is 0 Å². The number of hydrogen-bond donors (Lipinski definition) is 0. The summed E-state index contributed by atoms with van der Waals surface area (Å²) < 4.78 is 0.660. The first kappa shape index (κ1) is 15.8. The van der Waals surface area contributed by atoms with E-state index in [1.54, 1.807) is 6.07 Å². The number of unbranched alkanes of at least 4 members (excludes halogenated alkanes) is 1. The minimum atomic E-state index is -0.343. The Kier molecular flexibility index (Phi) is 5.55. The number of para-hydroxylation sites is 1. The van der Waals surface area contributed by atoms with Gasteiger partial charge in [0, 0.05) is 24.0 Å². The van der Waals surface area contributed by atoms with E-state index >= 15 is 0 Å². The number of nitro groups is 1. The summed E-state index contributed by atoms with van der Waals surface area (Å²) in [6, 6.07) is 15.4. The van der Waals surface area contributed by atoms with Gasteiger partial charge < -0.3 is 4.90 Å². The van der Waals surface area contributed by atoms with E-state index in [4.69, 9.17) is 0 Å². The molecule has 0 unspecified atom stereocenters. The molecule has 2 aromatic carbocycles. The van der Waals surface area contributed by atoms with Crippen molar-refractivity contribution in [1.82, 2.24) is 0 Å². The Balaban J connectivity index is 2.37. The molecule has 0 aromatic heterocycles. The van der Waals surface area contributed by atoms with Crippen LogP contribution in [0.2, 0.25) is 0 Å². The summed E-state index contributed by atoms with van der Waals surface area (Å²) in [5, 5.41) is 10.9. The Bertz CT molecular complexity index is 617. The Morgan fingerprint density at radius 2 is 1.86 bits per heavy atom. The molecule has 0 saturated heterocycles. The molecule has 0 aliphatic heterocycles. The minimum absolute atomic E-state index is 0.155. The van der Waals surface area contributed by atoms with Gasteiger partial charge in [-0.1, -0.05) is 31.5 Å². The van der Waals surface area contributed by atoms with Crippen molar-refractivity contribution >= 4 is 39.7 Å². The van der Waals surface area contributed by atoms with Crippen molar-refractivity contribution in [2.24, 2.45) is 0 Å². The van der Waals surface area contributed by atoms with Gasteiger partial charge >= 0.3 is 0 Å². The first-order valence-corrected chi connectivity index (χ1v) is 7.98. The zero-order valence-corrected chi connectivity index (χ0v) is 14.0. The van der Waals surface area contributed by atoms with Gasteiger partial charge in [-0.05, 0) is 53.3 Å². The van der Waals surface area contributed by atoms with Crippen LogP contribution in [0.3, 0.4) is 0 Å². The van der Waals surface area contributed by atoms with E-state index in [0.717, 1.165) is 30.8 Å². The minimum Gasteiger partial charge on any atom is -0.341 e. The molecule has 110 valence electrons. The predicted molar refractivity (Wildman–Crippen MR) is 94.2 cm³/mol. The summed E-state index contributed by atoms with van der Waals surface area (Å²) in [5.74, 6) is 0. The lowest BCUT2D eigenvalue weighted by atomic mass is 10.2. The lowest BCUT2D eigenvalue weighted by Gasteiger charge is -2.25. The molecule has 2 aromatic rings. The third-order valence-electron chi connectivity index (χ3n) is 3.24. The fourth-order valence-electron chi connectivity index (χ4n) is 2.14. The molecule has 5 heteroatoms. The molecule has 0 heterocycles. The maximum Gasteiger partial charge on any atom is 0.282 e. The fraction of sp³-hybridized carbons (Fsp3) is 0.250. The summed E-state index contributed by atoms with van der Waals surface area (Å²) >= 11 is 2.02.